The third-order valence-corrected chi connectivity index (χ3v) is 3.65. The van der Waals surface area contributed by atoms with E-state index in [2.05, 4.69) is 11.1 Å². The summed E-state index contributed by atoms with van der Waals surface area (Å²) < 4.78 is 5.81. The molecule has 0 atom stereocenters. The molecule has 0 saturated carbocycles. The maximum absolute atomic E-state index is 12.6. The summed E-state index contributed by atoms with van der Waals surface area (Å²) in [6, 6.07) is 11.6. The molecular weight excluding hydrogens is 238 g/mol. The quantitative estimate of drug-likeness (QED) is 0.615. The zero-order chi connectivity index (χ0) is 12.8. The van der Waals surface area contributed by atoms with E-state index in [0.717, 1.165) is 24.2 Å². The molecule has 92 valence electrons. The Hall–Kier alpha value is -2.42. The average Bonchev–Trinajstić information content (AvgIpc) is 2.47. The molecule has 19 heavy (non-hydrogen) atoms. The van der Waals surface area contributed by atoms with Gasteiger partial charge in [-0.2, -0.15) is 0 Å². The van der Waals surface area contributed by atoms with E-state index >= 15 is 0 Å². The topological polar surface area (TPSA) is 43.1 Å². The van der Waals surface area contributed by atoms with Crippen LogP contribution in [-0.4, -0.2) is 4.98 Å². The van der Waals surface area contributed by atoms with Gasteiger partial charge in [-0.1, -0.05) is 24.3 Å². The number of aromatic nitrogens is 1. The molecule has 1 aliphatic rings. The van der Waals surface area contributed by atoms with Crippen LogP contribution < -0.4 is 5.43 Å². The lowest BCUT2D eigenvalue weighted by Gasteiger charge is -2.17. The largest absolute Gasteiger partial charge is 0.442 e. The van der Waals surface area contributed by atoms with Crippen molar-refractivity contribution in [1.82, 2.24) is 4.98 Å². The number of rotatable bonds is 0. The van der Waals surface area contributed by atoms with Gasteiger partial charge in [-0.15, -0.1) is 0 Å². The summed E-state index contributed by atoms with van der Waals surface area (Å²) in [6.45, 7) is 0. The molecule has 0 unspecified atom stereocenters. The number of nitrogens with zero attached hydrogens (tertiary/aromatic N) is 1. The van der Waals surface area contributed by atoms with Crippen LogP contribution in [0.25, 0.3) is 22.2 Å². The van der Waals surface area contributed by atoms with Gasteiger partial charge in [0.05, 0.1) is 10.9 Å². The van der Waals surface area contributed by atoms with Gasteiger partial charge < -0.3 is 4.42 Å². The SMILES string of the molecule is O=c1c2c(oc3ncccc13)CCc1ccccc1-2. The average molecular weight is 249 g/mol. The molecule has 0 radical (unpaired) electrons. The first-order valence-electron chi connectivity index (χ1n) is 6.33. The third-order valence-electron chi connectivity index (χ3n) is 3.65. The maximum atomic E-state index is 12.6. The maximum Gasteiger partial charge on any atom is 0.230 e. The van der Waals surface area contributed by atoms with Gasteiger partial charge in [0.25, 0.3) is 0 Å². The number of hydrogen-bond donors (Lipinski definition) is 0. The minimum Gasteiger partial charge on any atom is -0.442 e. The van der Waals surface area contributed by atoms with E-state index in [0.29, 0.717) is 16.7 Å². The van der Waals surface area contributed by atoms with E-state index in [-0.39, 0.29) is 5.43 Å². The Labute approximate surface area is 109 Å². The van der Waals surface area contributed by atoms with Crippen molar-refractivity contribution in [3.05, 3.63) is 64.1 Å². The van der Waals surface area contributed by atoms with Crippen LogP contribution in [0.5, 0.6) is 0 Å². The van der Waals surface area contributed by atoms with Gasteiger partial charge >= 0.3 is 0 Å². The van der Waals surface area contributed by atoms with Gasteiger partial charge in [-0.05, 0) is 29.7 Å². The molecule has 0 saturated heterocycles. The Bertz CT molecular complexity index is 849. The summed E-state index contributed by atoms with van der Waals surface area (Å²) >= 11 is 0. The molecular formula is C16H11NO2. The fourth-order valence-corrected chi connectivity index (χ4v) is 2.75. The Morgan fingerprint density at radius 2 is 1.95 bits per heavy atom. The molecule has 0 bridgehead atoms. The summed E-state index contributed by atoms with van der Waals surface area (Å²) in [6.07, 6.45) is 3.31. The van der Waals surface area contributed by atoms with Crippen molar-refractivity contribution in [2.75, 3.05) is 0 Å². The van der Waals surface area contributed by atoms with E-state index in [1.54, 1.807) is 18.3 Å². The van der Waals surface area contributed by atoms with E-state index < -0.39 is 0 Å². The predicted molar refractivity (Wildman–Crippen MR) is 73.1 cm³/mol. The lowest BCUT2D eigenvalue weighted by molar-refractivity contribution is 0.523. The number of hydrogen-bond acceptors (Lipinski definition) is 3. The highest BCUT2D eigenvalue weighted by Gasteiger charge is 2.22. The van der Waals surface area contributed by atoms with E-state index in [1.807, 2.05) is 18.2 Å². The van der Waals surface area contributed by atoms with E-state index in [1.165, 1.54) is 5.56 Å². The highest BCUT2D eigenvalue weighted by molar-refractivity contribution is 5.82. The van der Waals surface area contributed by atoms with Crippen molar-refractivity contribution in [3.63, 3.8) is 0 Å². The van der Waals surface area contributed by atoms with Crippen LogP contribution in [0.4, 0.5) is 0 Å². The summed E-state index contributed by atoms with van der Waals surface area (Å²) in [7, 11) is 0. The van der Waals surface area contributed by atoms with Crippen molar-refractivity contribution in [2.45, 2.75) is 12.8 Å². The standard InChI is InChI=1S/C16H11NO2/c18-15-12-6-3-9-17-16(12)19-13-8-7-10-4-1-2-5-11(10)14(13)15/h1-6,9H,7-8H2. The van der Waals surface area contributed by atoms with Crippen LogP contribution in [0.3, 0.4) is 0 Å². The van der Waals surface area contributed by atoms with Gasteiger partial charge in [-0.3, -0.25) is 4.79 Å². The molecule has 0 spiro atoms. The van der Waals surface area contributed by atoms with Crippen LogP contribution in [0.2, 0.25) is 0 Å². The monoisotopic (exact) mass is 249 g/mol. The fraction of sp³-hybridized carbons (Fsp3) is 0.125. The second-order valence-electron chi connectivity index (χ2n) is 4.74. The molecule has 2 heterocycles. The second kappa shape index (κ2) is 3.79. The van der Waals surface area contributed by atoms with Crippen molar-refractivity contribution < 1.29 is 4.42 Å². The van der Waals surface area contributed by atoms with Gasteiger partial charge in [0.15, 0.2) is 0 Å². The van der Waals surface area contributed by atoms with Crippen LogP contribution >= 0.6 is 0 Å². The second-order valence-corrected chi connectivity index (χ2v) is 4.74. The molecule has 3 heteroatoms. The minimum absolute atomic E-state index is 0.0245. The number of fused-ring (bicyclic) bond motifs is 4. The van der Waals surface area contributed by atoms with Crippen LogP contribution in [0.15, 0.2) is 51.8 Å². The zero-order valence-electron chi connectivity index (χ0n) is 10.2. The lowest BCUT2D eigenvalue weighted by atomic mass is 9.89. The molecule has 0 amide bonds. The molecule has 3 aromatic rings. The molecule has 4 rings (SSSR count). The Balaban J connectivity index is 2.16. The molecule has 3 nitrogen and oxygen atoms in total. The summed E-state index contributed by atoms with van der Waals surface area (Å²) in [5, 5.41) is 0.554. The molecule has 1 aromatic carbocycles. The smallest absolute Gasteiger partial charge is 0.230 e. The fourth-order valence-electron chi connectivity index (χ4n) is 2.75. The Morgan fingerprint density at radius 3 is 2.89 bits per heavy atom. The van der Waals surface area contributed by atoms with Crippen molar-refractivity contribution in [1.29, 1.82) is 0 Å². The summed E-state index contributed by atoms with van der Waals surface area (Å²) in [4.78, 5) is 16.8. The van der Waals surface area contributed by atoms with Crippen molar-refractivity contribution >= 4 is 11.1 Å². The third kappa shape index (κ3) is 1.45. The Morgan fingerprint density at radius 1 is 1.05 bits per heavy atom. The van der Waals surface area contributed by atoms with E-state index in [9.17, 15) is 4.79 Å². The first-order valence-corrected chi connectivity index (χ1v) is 6.33. The van der Waals surface area contributed by atoms with Gasteiger partial charge in [0, 0.05) is 12.6 Å². The van der Waals surface area contributed by atoms with Crippen LogP contribution in [-0.2, 0) is 12.8 Å². The minimum atomic E-state index is 0.0245. The summed E-state index contributed by atoms with van der Waals surface area (Å²) in [5.41, 5.74) is 3.39. The molecule has 1 aliphatic carbocycles. The number of aryl methyl sites for hydroxylation is 2. The van der Waals surface area contributed by atoms with Crippen LogP contribution in [0.1, 0.15) is 11.3 Å². The first kappa shape index (κ1) is 10.5. The van der Waals surface area contributed by atoms with Gasteiger partial charge in [-0.25, -0.2) is 4.98 Å². The predicted octanol–water partition coefficient (Wildman–Crippen LogP) is 2.95. The molecule has 2 aromatic heterocycles. The van der Waals surface area contributed by atoms with E-state index in [4.69, 9.17) is 4.42 Å². The normalized spacial score (nSPS) is 13.1. The molecule has 0 N–H and O–H groups in total. The van der Waals surface area contributed by atoms with Crippen LogP contribution in [0, 0.1) is 0 Å². The molecule has 0 fully saturated rings. The van der Waals surface area contributed by atoms with Crippen molar-refractivity contribution in [3.8, 4) is 11.1 Å². The highest BCUT2D eigenvalue weighted by Crippen LogP contribution is 2.32. The number of benzene rings is 1. The first-order chi connectivity index (χ1) is 9.34. The zero-order valence-corrected chi connectivity index (χ0v) is 10.2. The van der Waals surface area contributed by atoms with Gasteiger partial charge in [0.1, 0.15) is 5.76 Å². The van der Waals surface area contributed by atoms with Gasteiger partial charge in [0.2, 0.25) is 11.1 Å². The number of pyridine rings is 1. The highest BCUT2D eigenvalue weighted by atomic mass is 16.3. The summed E-state index contributed by atoms with van der Waals surface area (Å²) in [5.74, 6) is 0.759. The molecule has 0 aliphatic heterocycles. The lowest BCUT2D eigenvalue weighted by Crippen LogP contribution is -2.15. The Kier molecular flexibility index (Phi) is 2.09. The van der Waals surface area contributed by atoms with Crippen molar-refractivity contribution in [2.24, 2.45) is 0 Å².